The van der Waals surface area contributed by atoms with Gasteiger partial charge in [-0.1, -0.05) is 6.07 Å². The molecule has 21 heavy (non-hydrogen) atoms. The van der Waals surface area contributed by atoms with Gasteiger partial charge in [0.15, 0.2) is 0 Å². The van der Waals surface area contributed by atoms with Crippen LogP contribution in [0.4, 0.5) is 4.39 Å². The van der Waals surface area contributed by atoms with Gasteiger partial charge in [0.2, 0.25) is 0 Å². The Morgan fingerprint density at radius 1 is 1.10 bits per heavy atom. The highest BCUT2D eigenvalue weighted by atomic mass is 19.1. The Hall–Kier alpha value is -0.890. The molecule has 4 bridgehead atoms. The lowest BCUT2D eigenvalue weighted by Crippen LogP contribution is -2.46. The van der Waals surface area contributed by atoms with Crippen molar-refractivity contribution in [3.8, 4) is 0 Å². The van der Waals surface area contributed by atoms with Crippen LogP contribution >= 0.6 is 0 Å². The molecule has 0 heterocycles. The summed E-state index contributed by atoms with van der Waals surface area (Å²) in [5.74, 6) is 2.47. The summed E-state index contributed by atoms with van der Waals surface area (Å²) in [6.45, 7) is 1.89. The van der Waals surface area contributed by atoms with Gasteiger partial charge in [0, 0.05) is 0 Å². The molecule has 4 aliphatic carbocycles. The number of hydrogen-bond acceptors (Lipinski definition) is 1. The maximum absolute atomic E-state index is 13.6. The lowest BCUT2D eigenvalue weighted by molar-refractivity contribution is -0.0764. The van der Waals surface area contributed by atoms with E-state index in [9.17, 15) is 9.50 Å². The van der Waals surface area contributed by atoms with E-state index < -0.39 is 6.10 Å². The van der Waals surface area contributed by atoms with E-state index in [2.05, 4.69) is 0 Å². The van der Waals surface area contributed by atoms with Crippen LogP contribution in [0.1, 0.15) is 62.2 Å². The van der Waals surface area contributed by atoms with E-state index in [4.69, 9.17) is 0 Å². The first-order chi connectivity index (χ1) is 10.0. The summed E-state index contributed by atoms with van der Waals surface area (Å²) in [6, 6.07) is 4.98. The van der Waals surface area contributed by atoms with Crippen LogP contribution in [0.25, 0.3) is 0 Å². The van der Waals surface area contributed by atoms with Crippen molar-refractivity contribution in [2.45, 2.75) is 58.0 Å². The lowest BCUT2D eigenvalue weighted by atomic mass is 9.48. The Balaban J connectivity index is 1.55. The molecule has 1 aromatic carbocycles. The molecule has 1 N–H and O–H groups in total. The van der Waals surface area contributed by atoms with Crippen LogP contribution < -0.4 is 0 Å². The minimum Gasteiger partial charge on any atom is -0.388 e. The Bertz CT molecular complexity index is 495. The van der Waals surface area contributed by atoms with Crippen LogP contribution in [0.5, 0.6) is 0 Å². The van der Waals surface area contributed by atoms with E-state index in [0.29, 0.717) is 5.41 Å². The highest BCUT2D eigenvalue weighted by Gasteiger charge is 2.51. The van der Waals surface area contributed by atoms with Crippen molar-refractivity contribution in [3.05, 3.63) is 35.1 Å². The zero-order valence-electron chi connectivity index (χ0n) is 12.8. The quantitative estimate of drug-likeness (QED) is 0.849. The first-order valence-electron chi connectivity index (χ1n) is 8.46. The van der Waals surface area contributed by atoms with E-state index >= 15 is 0 Å². The number of aryl methyl sites for hydroxylation is 1. The maximum atomic E-state index is 13.6. The van der Waals surface area contributed by atoms with Gasteiger partial charge in [-0.25, -0.2) is 4.39 Å². The molecule has 1 unspecified atom stereocenters. The summed E-state index contributed by atoms with van der Waals surface area (Å²) in [4.78, 5) is 0. The smallest absolute Gasteiger partial charge is 0.123 e. The molecule has 2 heteroatoms. The zero-order valence-corrected chi connectivity index (χ0v) is 12.8. The molecule has 1 atom stereocenters. The van der Waals surface area contributed by atoms with E-state index in [-0.39, 0.29) is 5.82 Å². The second kappa shape index (κ2) is 4.81. The van der Waals surface area contributed by atoms with Gasteiger partial charge >= 0.3 is 0 Å². The third kappa shape index (κ3) is 2.52. The van der Waals surface area contributed by atoms with Crippen LogP contribution in [0.2, 0.25) is 0 Å². The van der Waals surface area contributed by atoms with Crippen molar-refractivity contribution < 1.29 is 9.50 Å². The molecule has 0 radical (unpaired) electrons. The van der Waals surface area contributed by atoms with Crippen LogP contribution in [-0.4, -0.2) is 5.11 Å². The highest BCUT2D eigenvalue weighted by molar-refractivity contribution is 5.25. The summed E-state index contributed by atoms with van der Waals surface area (Å²) in [5, 5.41) is 10.7. The summed E-state index contributed by atoms with van der Waals surface area (Å²) in [7, 11) is 0. The van der Waals surface area contributed by atoms with Crippen molar-refractivity contribution >= 4 is 0 Å². The topological polar surface area (TPSA) is 20.2 Å². The molecule has 1 aromatic rings. The highest BCUT2D eigenvalue weighted by Crippen LogP contribution is 2.62. The molecule has 0 spiro atoms. The monoisotopic (exact) mass is 288 g/mol. The average Bonchev–Trinajstić information content (AvgIpc) is 2.35. The fourth-order valence-corrected chi connectivity index (χ4v) is 6.03. The molecule has 0 aromatic heterocycles. The summed E-state index contributed by atoms with van der Waals surface area (Å²) >= 11 is 0. The third-order valence-corrected chi connectivity index (χ3v) is 6.24. The summed E-state index contributed by atoms with van der Waals surface area (Å²) in [6.07, 6.45) is 8.49. The van der Waals surface area contributed by atoms with Crippen LogP contribution in [0, 0.1) is 35.9 Å². The van der Waals surface area contributed by atoms with E-state index in [0.717, 1.165) is 35.3 Å². The normalized spacial score (nSPS) is 38.7. The van der Waals surface area contributed by atoms with Gasteiger partial charge in [0.1, 0.15) is 5.82 Å². The molecule has 0 amide bonds. The number of halogens is 1. The molecule has 114 valence electrons. The first-order valence-corrected chi connectivity index (χ1v) is 8.46. The van der Waals surface area contributed by atoms with Crippen LogP contribution in [-0.2, 0) is 0 Å². The third-order valence-electron chi connectivity index (χ3n) is 6.24. The van der Waals surface area contributed by atoms with Crippen molar-refractivity contribution in [1.82, 2.24) is 0 Å². The van der Waals surface area contributed by atoms with E-state index in [1.54, 1.807) is 0 Å². The van der Waals surface area contributed by atoms with Crippen molar-refractivity contribution in [1.29, 1.82) is 0 Å². The second-order valence-corrected chi connectivity index (χ2v) is 8.20. The maximum Gasteiger partial charge on any atom is 0.123 e. The van der Waals surface area contributed by atoms with Crippen LogP contribution in [0.3, 0.4) is 0 Å². The predicted molar refractivity (Wildman–Crippen MR) is 81.3 cm³/mol. The fraction of sp³-hybridized carbons (Fsp3) is 0.684. The number of hydrogen-bond donors (Lipinski definition) is 1. The minimum atomic E-state index is -0.504. The molecule has 4 saturated carbocycles. The first kappa shape index (κ1) is 13.8. The summed E-state index contributed by atoms with van der Waals surface area (Å²) < 4.78 is 13.6. The number of rotatable bonds is 3. The molecule has 0 saturated heterocycles. The van der Waals surface area contributed by atoms with Gasteiger partial charge < -0.3 is 5.11 Å². The van der Waals surface area contributed by atoms with Crippen molar-refractivity contribution in [2.75, 3.05) is 0 Å². The summed E-state index contributed by atoms with van der Waals surface area (Å²) in [5.41, 5.74) is 2.01. The Labute approximate surface area is 126 Å². The lowest BCUT2D eigenvalue weighted by Gasteiger charge is -2.57. The molecular weight excluding hydrogens is 263 g/mol. The fourth-order valence-electron chi connectivity index (χ4n) is 6.03. The molecule has 0 aliphatic heterocycles. The molecular formula is C19H25FO. The van der Waals surface area contributed by atoms with Gasteiger partial charge in [-0.2, -0.15) is 0 Å². The average molecular weight is 288 g/mol. The Kier molecular flexibility index (Phi) is 3.15. The van der Waals surface area contributed by atoms with Gasteiger partial charge in [0.25, 0.3) is 0 Å². The zero-order chi connectivity index (χ0) is 14.6. The van der Waals surface area contributed by atoms with Gasteiger partial charge in [-0.3, -0.25) is 0 Å². The molecule has 1 nitrogen and oxygen atoms in total. The Morgan fingerprint density at radius 2 is 1.67 bits per heavy atom. The van der Waals surface area contributed by atoms with E-state index in [1.807, 2.05) is 13.0 Å². The van der Waals surface area contributed by atoms with E-state index in [1.165, 1.54) is 50.7 Å². The number of benzene rings is 1. The number of aliphatic hydroxyl groups is 1. The van der Waals surface area contributed by atoms with Crippen molar-refractivity contribution in [2.24, 2.45) is 23.2 Å². The van der Waals surface area contributed by atoms with Gasteiger partial charge in [-0.15, -0.1) is 0 Å². The number of aliphatic hydroxyl groups excluding tert-OH is 1. The van der Waals surface area contributed by atoms with Crippen molar-refractivity contribution in [3.63, 3.8) is 0 Å². The molecule has 5 rings (SSSR count). The molecule has 4 fully saturated rings. The largest absolute Gasteiger partial charge is 0.388 e. The Morgan fingerprint density at radius 3 is 2.19 bits per heavy atom. The van der Waals surface area contributed by atoms with Gasteiger partial charge in [-0.05, 0) is 98.3 Å². The second-order valence-electron chi connectivity index (χ2n) is 8.20. The minimum absolute atomic E-state index is 0.227. The van der Waals surface area contributed by atoms with Gasteiger partial charge in [0.05, 0.1) is 6.10 Å². The predicted octanol–water partition coefficient (Wildman–Crippen LogP) is 4.77. The molecule has 4 aliphatic rings. The van der Waals surface area contributed by atoms with Crippen LogP contribution in [0.15, 0.2) is 18.2 Å². The SMILES string of the molecule is Cc1cc(F)cc(C(O)CC23CC4CC(CC(C4)C2)C3)c1. The standard InChI is InChI=1S/C19H25FO/c1-12-2-16(7-17(20)3-12)18(21)11-19-8-13-4-14(9-19)6-15(5-13)10-19/h2-3,7,13-15,18,21H,4-6,8-11H2,1H3.